The standard InChI is InChI=1S/C52H62O4/c1-5-7-9-11-13-15-17-19-29-47(53)55-51-41-27-23-21-25-39(41)49(45-35-37(3)31-33-43(45)51)50-40-26-22-24-28-42(40)52(44-34-32-38(4)36-46(44)50)56-48(54)30-20-18-16-14-12-10-8-6-2/h21-28,31-36H,5-20,29-30H2,1-4H3. The summed E-state index contributed by atoms with van der Waals surface area (Å²) in [5, 5.41) is 7.76. The zero-order valence-electron chi connectivity index (χ0n) is 34.4. The molecule has 0 saturated heterocycles. The molecule has 6 aromatic carbocycles. The van der Waals surface area contributed by atoms with E-state index in [1.807, 2.05) is 12.1 Å². The van der Waals surface area contributed by atoms with Crippen LogP contribution in [0.5, 0.6) is 11.5 Å². The Labute approximate surface area is 335 Å². The van der Waals surface area contributed by atoms with Gasteiger partial charge in [0.05, 0.1) is 0 Å². The predicted molar refractivity (Wildman–Crippen MR) is 237 cm³/mol. The van der Waals surface area contributed by atoms with Gasteiger partial charge in [0.25, 0.3) is 0 Å². The average molecular weight is 751 g/mol. The lowest BCUT2D eigenvalue weighted by molar-refractivity contribution is -0.135. The molecule has 294 valence electrons. The van der Waals surface area contributed by atoms with E-state index < -0.39 is 0 Å². The van der Waals surface area contributed by atoms with Crippen LogP contribution in [0, 0.1) is 13.8 Å². The van der Waals surface area contributed by atoms with E-state index in [0.29, 0.717) is 24.3 Å². The SMILES string of the molecule is CCCCCCCCCCC(=O)Oc1c2ccccc2c(-c2c3ccccc3c(OC(=O)CCCCCCCCCC)c3ccc(C)cc23)c2cc(C)ccc12. The fourth-order valence-corrected chi connectivity index (χ4v) is 8.40. The predicted octanol–water partition coefficient (Wildman–Crippen LogP) is 15.5. The number of fused-ring (bicyclic) bond motifs is 4. The Bertz CT molecular complexity index is 2100. The second-order valence-corrected chi connectivity index (χ2v) is 16.0. The number of hydrogen-bond donors (Lipinski definition) is 0. The summed E-state index contributed by atoms with van der Waals surface area (Å²) in [6, 6.07) is 29.5. The summed E-state index contributed by atoms with van der Waals surface area (Å²) in [5.41, 5.74) is 4.43. The van der Waals surface area contributed by atoms with Crippen LogP contribution in [0.3, 0.4) is 0 Å². The van der Waals surface area contributed by atoms with E-state index in [0.717, 1.165) is 104 Å². The molecule has 4 nitrogen and oxygen atoms in total. The van der Waals surface area contributed by atoms with Gasteiger partial charge in [-0.15, -0.1) is 0 Å². The second-order valence-electron chi connectivity index (χ2n) is 16.0. The number of rotatable bonds is 21. The molecule has 0 heterocycles. The third-order valence-electron chi connectivity index (χ3n) is 11.4. The largest absolute Gasteiger partial charge is 0.425 e. The van der Waals surface area contributed by atoms with Gasteiger partial charge in [-0.1, -0.05) is 200 Å². The number of carbonyl (C=O) groups is 2. The third-order valence-corrected chi connectivity index (χ3v) is 11.4. The molecular weight excluding hydrogens is 689 g/mol. The van der Waals surface area contributed by atoms with Crippen molar-refractivity contribution in [1.82, 2.24) is 0 Å². The molecule has 0 spiro atoms. The molecule has 0 amide bonds. The van der Waals surface area contributed by atoms with Crippen molar-refractivity contribution in [3.63, 3.8) is 0 Å². The summed E-state index contributed by atoms with van der Waals surface area (Å²) in [6.07, 6.45) is 19.7. The first kappa shape index (κ1) is 40.9. The molecule has 0 fully saturated rings. The summed E-state index contributed by atoms with van der Waals surface area (Å²) in [4.78, 5) is 27.0. The molecule has 0 bridgehead atoms. The van der Waals surface area contributed by atoms with Crippen LogP contribution in [0.15, 0.2) is 84.9 Å². The number of benzene rings is 6. The molecule has 56 heavy (non-hydrogen) atoms. The molecule has 0 radical (unpaired) electrons. The third kappa shape index (κ3) is 9.99. The Morgan fingerprint density at radius 2 is 0.714 bits per heavy atom. The molecule has 0 aliphatic heterocycles. The van der Waals surface area contributed by atoms with Crippen LogP contribution in [0.1, 0.15) is 141 Å². The van der Waals surface area contributed by atoms with Crippen molar-refractivity contribution in [3.8, 4) is 22.6 Å². The summed E-state index contributed by atoms with van der Waals surface area (Å²) in [7, 11) is 0. The molecule has 0 unspecified atom stereocenters. The quantitative estimate of drug-likeness (QED) is 0.0318. The molecule has 0 saturated carbocycles. The lowest BCUT2D eigenvalue weighted by atomic mass is 9.84. The topological polar surface area (TPSA) is 52.6 Å². The minimum atomic E-state index is -0.180. The minimum Gasteiger partial charge on any atom is -0.425 e. The number of hydrogen-bond acceptors (Lipinski definition) is 4. The van der Waals surface area contributed by atoms with Gasteiger partial charge in [-0.2, -0.15) is 0 Å². The van der Waals surface area contributed by atoms with Gasteiger partial charge in [-0.25, -0.2) is 0 Å². The van der Waals surface area contributed by atoms with Gasteiger partial charge < -0.3 is 9.47 Å². The van der Waals surface area contributed by atoms with E-state index >= 15 is 0 Å². The van der Waals surface area contributed by atoms with Crippen LogP contribution in [0.4, 0.5) is 0 Å². The van der Waals surface area contributed by atoms with Gasteiger partial charge >= 0.3 is 11.9 Å². The number of unbranched alkanes of at least 4 members (excludes halogenated alkanes) is 14. The van der Waals surface area contributed by atoms with Crippen molar-refractivity contribution in [2.24, 2.45) is 0 Å². The second kappa shape index (κ2) is 20.5. The van der Waals surface area contributed by atoms with Gasteiger partial charge in [0.1, 0.15) is 11.5 Å². The molecule has 6 aromatic rings. The average Bonchev–Trinajstić information content (AvgIpc) is 3.20. The summed E-state index contributed by atoms with van der Waals surface area (Å²) < 4.78 is 12.7. The fourth-order valence-electron chi connectivity index (χ4n) is 8.40. The first-order chi connectivity index (χ1) is 27.4. The molecule has 0 atom stereocenters. The Balaban J connectivity index is 1.38. The number of ether oxygens (including phenoxy) is 2. The summed E-state index contributed by atoms with van der Waals surface area (Å²) in [6.45, 7) is 8.71. The maximum Gasteiger partial charge on any atom is 0.311 e. The van der Waals surface area contributed by atoms with E-state index in [2.05, 4.69) is 100 Å². The van der Waals surface area contributed by atoms with Crippen LogP contribution < -0.4 is 9.47 Å². The Hall–Kier alpha value is -4.70. The monoisotopic (exact) mass is 750 g/mol. The first-order valence-electron chi connectivity index (χ1n) is 21.7. The minimum absolute atomic E-state index is 0.180. The van der Waals surface area contributed by atoms with E-state index in [1.54, 1.807) is 0 Å². The van der Waals surface area contributed by atoms with Crippen LogP contribution in [-0.2, 0) is 9.59 Å². The molecule has 0 N–H and O–H groups in total. The molecule has 4 heteroatoms. The maximum absolute atomic E-state index is 13.5. The Morgan fingerprint density at radius 1 is 0.393 bits per heavy atom. The van der Waals surface area contributed by atoms with E-state index in [9.17, 15) is 9.59 Å². The number of aryl methyl sites for hydroxylation is 2. The molecular formula is C52H62O4. The smallest absolute Gasteiger partial charge is 0.311 e. The van der Waals surface area contributed by atoms with Crippen molar-refractivity contribution in [3.05, 3.63) is 96.1 Å². The van der Waals surface area contributed by atoms with Gasteiger partial charge in [0, 0.05) is 34.4 Å². The Kier molecular flexibility index (Phi) is 15.0. The first-order valence-corrected chi connectivity index (χ1v) is 21.7. The normalized spacial score (nSPS) is 11.6. The zero-order valence-corrected chi connectivity index (χ0v) is 34.4. The van der Waals surface area contributed by atoms with Crippen molar-refractivity contribution in [2.75, 3.05) is 0 Å². The van der Waals surface area contributed by atoms with Crippen LogP contribution in [-0.4, -0.2) is 11.9 Å². The van der Waals surface area contributed by atoms with E-state index in [-0.39, 0.29) is 11.9 Å². The van der Waals surface area contributed by atoms with E-state index in [1.165, 1.54) is 64.2 Å². The van der Waals surface area contributed by atoms with Crippen molar-refractivity contribution < 1.29 is 19.1 Å². The van der Waals surface area contributed by atoms with Crippen LogP contribution >= 0.6 is 0 Å². The number of esters is 2. The molecule has 0 aliphatic carbocycles. The maximum atomic E-state index is 13.5. The molecule has 0 aliphatic rings. The highest BCUT2D eigenvalue weighted by Gasteiger charge is 2.24. The van der Waals surface area contributed by atoms with Crippen molar-refractivity contribution in [1.29, 1.82) is 0 Å². The van der Waals surface area contributed by atoms with E-state index in [4.69, 9.17) is 9.47 Å². The van der Waals surface area contributed by atoms with Gasteiger partial charge in [0.2, 0.25) is 0 Å². The molecule has 0 aromatic heterocycles. The van der Waals surface area contributed by atoms with Gasteiger partial charge in [-0.05, 0) is 59.4 Å². The lowest BCUT2D eigenvalue weighted by Crippen LogP contribution is -2.09. The Morgan fingerprint density at radius 3 is 1.09 bits per heavy atom. The van der Waals surface area contributed by atoms with Crippen molar-refractivity contribution >= 4 is 55.0 Å². The number of carbonyl (C=O) groups excluding carboxylic acids is 2. The highest BCUT2D eigenvalue weighted by Crippen LogP contribution is 2.50. The highest BCUT2D eigenvalue weighted by molar-refractivity contribution is 6.27. The van der Waals surface area contributed by atoms with Gasteiger partial charge in [-0.3, -0.25) is 9.59 Å². The zero-order chi connectivity index (χ0) is 39.3. The highest BCUT2D eigenvalue weighted by atomic mass is 16.5. The van der Waals surface area contributed by atoms with Crippen LogP contribution in [0.2, 0.25) is 0 Å². The van der Waals surface area contributed by atoms with Crippen molar-refractivity contribution in [2.45, 2.75) is 143 Å². The summed E-state index contributed by atoms with van der Waals surface area (Å²) in [5.74, 6) is 0.890. The lowest BCUT2D eigenvalue weighted by Gasteiger charge is -2.22. The molecule has 6 rings (SSSR count). The fraction of sp³-hybridized carbons (Fsp3) is 0.423. The van der Waals surface area contributed by atoms with Crippen LogP contribution in [0.25, 0.3) is 54.2 Å². The summed E-state index contributed by atoms with van der Waals surface area (Å²) >= 11 is 0. The van der Waals surface area contributed by atoms with Gasteiger partial charge in [0.15, 0.2) is 0 Å².